The molecule has 19 heavy (non-hydrogen) atoms. The molecule has 0 saturated heterocycles. The van der Waals surface area contributed by atoms with Crippen LogP contribution in [0.4, 0.5) is 4.39 Å². The number of hydrogen-bond donors (Lipinski definition) is 1. The predicted molar refractivity (Wildman–Crippen MR) is 77.5 cm³/mol. The fourth-order valence-corrected chi connectivity index (χ4v) is 2.38. The van der Waals surface area contributed by atoms with E-state index in [1.165, 1.54) is 17.7 Å². The summed E-state index contributed by atoms with van der Waals surface area (Å²) in [5.41, 5.74) is 9.57. The van der Waals surface area contributed by atoms with Gasteiger partial charge in [-0.05, 0) is 35.7 Å². The van der Waals surface area contributed by atoms with Crippen LogP contribution in [0, 0.1) is 12.7 Å². The molecule has 0 saturated carbocycles. The van der Waals surface area contributed by atoms with E-state index in [1.54, 1.807) is 0 Å². The van der Waals surface area contributed by atoms with Gasteiger partial charge < -0.3 is 5.73 Å². The maximum absolute atomic E-state index is 13.0. The van der Waals surface area contributed by atoms with Crippen molar-refractivity contribution in [3.05, 3.63) is 71.0 Å². The Bertz CT molecular complexity index is 558. The van der Waals surface area contributed by atoms with Crippen LogP contribution in [0.2, 0.25) is 0 Å². The summed E-state index contributed by atoms with van der Waals surface area (Å²) in [6.07, 6.45) is 0. The topological polar surface area (TPSA) is 26.0 Å². The highest BCUT2D eigenvalue weighted by Crippen LogP contribution is 2.36. The maximum atomic E-state index is 13.0. The van der Waals surface area contributed by atoms with Crippen LogP contribution in [0.3, 0.4) is 0 Å². The van der Waals surface area contributed by atoms with E-state index < -0.39 is 0 Å². The van der Waals surface area contributed by atoms with E-state index >= 15 is 0 Å². The molecule has 0 fully saturated rings. The third-order valence-corrected chi connectivity index (χ3v) is 3.89. The Labute approximate surface area is 114 Å². The standard InChI is InChI=1S/C17H20FN/c1-12-6-4-5-7-15(12)16(19)17(2,3)13-8-10-14(18)11-9-13/h4-11,16H,19H2,1-3H3. The van der Waals surface area contributed by atoms with Crippen molar-refractivity contribution in [3.63, 3.8) is 0 Å². The van der Waals surface area contributed by atoms with E-state index in [1.807, 2.05) is 24.3 Å². The van der Waals surface area contributed by atoms with Gasteiger partial charge in [0.15, 0.2) is 0 Å². The molecule has 1 nitrogen and oxygen atoms in total. The lowest BCUT2D eigenvalue weighted by Crippen LogP contribution is -2.33. The minimum absolute atomic E-state index is 0.126. The fraction of sp³-hybridized carbons (Fsp3) is 0.294. The monoisotopic (exact) mass is 257 g/mol. The molecule has 2 rings (SSSR count). The Hall–Kier alpha value is -1.67. The van der Waals surface area contributed by atoms with E-state index in [0.717, 1.165) is 11.1 Å². The van der Waals surface area contributed by atoms with E-state index in [2.05, 4.69) is 32.9 Å². The predicted octanol–water partition coefficient (Wildman–Crippen LogP) is 4.11. The zero-order chi connectivity index (χ0) is 14.0. The first kappa shape index (κ1) is 13.8. The number of nitrogens with two attached hydrogens (primary N) is 1. The fourth-order valence-electron chi connectivity index (χ4n) is 2.38. The molecule has 0 radical (unpaired) electrons. The summed E-state index contributed by atoms with van der Waals surface area (Å²) in [7, 11) is 0. The Balaban J connectivity index is 2.39. The van der Waals surface area contributed by atoms with Crippen molar-refractivity contribution in [1.29, 1.82) is 0 Å². The van der Waals surface area contributed by atoms with E-state index in [-0.39, 0.29) is 17.3 Å². The van der Waals surface area contributed by atoms with Crippen LogP contribution < -0.4 is 5.73 Å². The van der Waals surface area contributed by atoms with Crippen LogP contribution in [0.5, 0.6) is 0 Å². The molecule has 100 valence electrons. The van der Waals surface area contributed by atoms with Crippen molar-refractivity contribution >= 4 is 0 Å². The molecule has 0 amide bonds. The molecule has 0 heterocycles. The molecule has 0 aliphatic heterocycles. The summed E-state index contributed by atoms with van der Waals surface area (Å²) in [4.78, 5) is 0. The van der Waals surface area contributed by atoms with Crippen molar-refractivity contribution in [3.8, 4) is 0 Å². The van der Waals surface area contributed by atoms with E-state index in [9.17, 15) is 4.39 Å². The lowest BCUT2D eigenvalue weighted by molar-refractivity contribution is 0.419. The second-order valence-electron chi connectivity index (χ2n) is 5.56. The first-order valence-corrected chi connectivity index (χ1v) is 6.50. The van der Waals surface area contributed by atoms with Gasteiger partial charge in [-0.15, -0.1) is 0 Å². The van der Waals surface area contributed by atoms with Gasteiger partial charge in [0.25, 0.3) is 0 Å². The summed E-state index contributed by atoms with van der Waals surface area (Å²) in [5, 5.41) is 0. The van der Waals surface area contributed by atoms with Crippen LogP contribution in [0.1, 0.15) is 36.6 Å². The van der Waals surface area contributed by atoms with Gasteiger partial charge in [-0.3, -0.25) is 0 Å². The zero-order valence-electron chi connectivity index (χ0n) is 11.7. The van der Waals surface area contributed by atoms with Crippen LogP contribution in [0.15, 0.2) is 48.5 Å². The van der Waals surface area contributed by atoms with Crippen LogP contribution in [-0.4, -0.2) is 0 Å². The Kier molecular flexibility index (Phi) is 3.72. The molecule has 0 spiro atoms. The van der Waals surface area contributed by atoms with Crippen LogP contribution in [-0.2, 0) is 5.41 Å². The van der Waals surface area contributed by atoms with Crippen molar-refractivity contribution in [1.82, 2.24) is 0 Å². The Morgan fingerprint density at radius 1 is 1.00 bits per heavy atom. The highest BCUT2D eigenvalue weighted by molar-refractivity contribution is 5.35. The second kappa shape index (κ2) is 5.14. The molecule has 0 aromatic heterocycles. The van der Waals surface area contributed by atoms with Crippen molar-refractivity contribution in [2.75, 3.05) is 0 Å². The van der Waals surface area contributed by atoms with Gasteiger partial charge in [0.05, 0.1) is 0 Å². The highest BCUT2D eigenvalue weighted by Gasteiger charge is 2.30. The minimum atomic E-state index is -0.250. The molecule has 2 N–H and O–H groups in total. The van der Waals surface area contributed by atoms with Gasteiger partial charge in [-0.1, -0.05) is 50.2 Å². The normalized spacial score (nSPS) is 13.3. The largest absolute Gasteiger partial charge is 0.323 e. The van der Waals surface area contributed by atoms with Gasteiger partial charge >= 0.3 is 0 Å². The third-order valence-electron chi connectivity index (χ3n) is 3.89. The zero-order valence-corrected chi connectivity index (χ0v) is 11.7. The molecule has 1 unspecified atom stereocenters. The molecule has 0 aliphatic carbocycles. The number of benzene rings is 2. The summed E-state index contributed by atoms with van der Waals surface area (Å²) in [6, 6.07) is 14.6. The van der Waals surface area contributed by atoms with Crippen LogP contribution in [0.25, 0.3) is 0 Å². The molecule has 0 aliphatic rings. The number of hydrogen-bond acceptors (Lipinski definition) is 1. The minimum Gasteiger partial charge on any atom is -0.323 e. The molecule has 2 aromatic carbocycles. The maximum Gasteiger partial charge on any atom is 0.123 e. The Morgan fingerprint density at radius 3 is 2.16 bits per heavy atom. The molecule has 2 heteroatoms. The molecular formula is C17H20FN. The first-order chi connectivity index (χ1) is 8.93. The summed E-state index contributed by atoms with van der Waals surface area (Å²) < 4.78 is 13.0. The lowest BCUT2D eigenvalue weighted by atomic mass is 9.74. The van der Waals surface area contributed by atoms with E-state index in [0.29, 0.717) is 0 Å². The SMILES string of the molecule is Cc1ccccc1C(N)C(C)(C)c1ccc(F)cc1. The quantitative estimate of drug-likeness (QED) is 0.879. The van der Waals surface area contributed by atoms with Crippen LogP contribution >= 0.6 is 0 Å². The summed E-state index contributed by atoms with van der Waals surface area (Å²) >= 11 is 0. The average Bonchev–Trinajstić information content (AvgIpc) is 2.39. The number of halogens is 1. The molecule has 1 atom stereocenters. The number of rotatable bonds is 3. The Morgan fingerprint density at radius 2 is 1.58 bits per heavy atom. The summed E-state index contributed by atoms with van der Waals surface area (Å²) in [6.45, 7) is 6.25. The van der Waals surface area contributed by atoms with Crippen molar-refractivity contribution in [2.45, 2.75) is 32.2 Å². The van der Waals surface area contributed by atoms with Gasteiger partial charge in [0, 0.05) is 11.5 Å². The average molecular weight is 257 g/mol. The third kappa shape index (κ3) is 2.69. The molecular weight excluding hydrogens is 237 g/mol. The summed E-state index contributed by atoms with van der Waals surface area (Å²) in [5.74, 6) is -0.219. The van der Waals surface area contributed by atoms with Gasteiger partial charge in [0.2, 0.25) is 0 Å². The lowest BCUT2D eigenvalue weighted by Gasteiger charge is -2.33. The molecule has 2 aromatic rings. The van der Waals surface area contributed by atoms with Crippen molar-refractivity contribution in [2.24, 2.45) is 5.73 Å². The highest BCUT2D eigenvalue weighted by atomic mass is 19.1. The van der Waals surface area contributed by atoms with E-state index in [4.69, 9.17) is 5.73 Å². The first-order valence-electron chi connectivity index (χ1n) is 6.50. The van der Waals surface area contributed by atoms with Gasteiger partial charge in [0.1, 0.15) is 5.82 Å². The van der Waals surface area contributed by atoms with Gasteiger partial charge in [-0.2, -0.15) is 0 Å². The smallest absolute Gasteiger partial charge is 0.123 e. The second-order valence-corrected chi connectivity index (χ2v) is 5.56. The number of aryl methyl sites for hydroxylation is 1. The van der Waals surface area contributed by atoms with Crippen molar-refractivity contribution < 1.29 is 4.39 Å². The molecule has 0 bridgehead atoms. The van der Waals surface area contributed by atoms with Gasteiger partial charge in [-0.25, -0.2) is 4.39 Å².